The van der Waals surface area contributed by atoms with Gasteiger partial charge in [0, 0.05) is 26.2 Å². The van der Waals surface area contributed by atoms with Crippen LogP contribution in [0.1, 0.15) is 25.7 Å². The normalized spacial score (nSPS) is 19.6. The number of carbonyl (C=O) groups excluding carboxylic acids is 2. The summed E-state index contributed by atoms with van der Waals surface area (Å²) in [6.07, 6.45) is 5.28. The number of hydrogen-bond acceptors (Lipinski definition) is 2. The minimum absolute atomic E-state index is 0.0234. The SMILES string of the molecule is C=CC(=O)NCCC1CCCCN1C(=O)NC. The van der Waals surface area contributed by atoms with Gasteiger partial charge < -0.3 is 15.5 Å². The predicted molar refractivity (Wildman–Crippen MR) is 66.6 cm³/mol. The number of amides is 3. The Bertz CT molecular complexity index is 291. The molecule has 1 heterocycles. The molecule has 17 heavy (non-hydrogen) atoms. The van der Waals surface area contributed by atoms with E-state index >= 15 is 0 Å². The highest BCUT2D eigenvalue weighted by atomic mass is 16.2. The predicted octanol–water partition coefficient (Wildman–Crippen LogP) is 0.873. The van der Waals surface area contributed by atoms with Gasteiger partial charge in [-0.15, -0.1) is 0 Å². The number of rotatable bonds is 4. The zero-order valence-corrected chi connectivity index (χ0v) is 10.4. The third kappa shape index (κ3) is 4.09. The molecule has 0 spiro atoms. The first-order chi connectivity index (χ1) is 8.19. The third-order valence-corrected chi connectivity index (χ3v) is 3.06. The van der Waals surface area contributed by atoms with Crippen molar-refractivity contribution in [3.63, 3.8) is 0 Å². The van der Waals surface area contributed by atoms with E-state index in [9.17, 15) is 9.59 Å². The molecule has 0 aromatic heterocycles. The average Bonchev–Trinajstić information content (AvgIpc) is 2.38. The lowest BCUT2D eigenvalue weighted by Crippen LogP contribution is -2.48. The maximum Gasteiger partial charge on any atom is 0.317 e. The van der Waals surface area contributed by atoms with E-state index in [0.717, 1.165) is 32.2 Å². The van der Waals surface area contributed by atoms with E-state index in [1.165, 1.54) is 6.08 Å². The van der Waals surface area contributed by atoms with Gasteiger partial charge in [-0.05, 0) is 31.8 Å². The number of piperidine rings is 1. The molecule has 1 aliphatic rings. The van der Waals surface area contributed by atoms with Gasteiger partial charge in [0.25, 0.3) is 0 Å². The van der Waals surface area contributed by atoms with E-state index in [2.05, 4.69) is 17.2 Å². The summed E-state index contributed by atoms with van der Waals surface area (Å²) >= 11 is 0. The van der Waals surface area contributed by atoms with Crippen molar-refractivity contribution in [3.05, 3.63) is 12.7 Å². The summed E-state index contributed by atoms with van der Waals surface area (Å²) in [4.78, 5) is 24.5. The van der Waals surface area contributed by atoms with Crippen molar-refractivity contribution in [1.82, 2.24) is 15.5 Å². The Balaban J connectivity index is 2.40. The highest BCUT2D eigenvalue weighted by Crippen LogP contribution is 2.19. The van der Waals surface area contributed by atoms with Gasteiger partial charge in [-0.1, -0.05) is 6.58 Å². The minimum Gasteiger partial charge on any atom is -0.352 e. The van der Waals surface area contributed by atoms with Crippen molar-refractivity contribution in [2.24, 2.45) is 0 Å². The van der Waals surface area contributed by atoms with Crippen LogP contribution in [0.2, 0.25) is 0 Å². The first-order valence-electron chi connectivity index (χ1n) is 6.07. The van der Waals surface area contributed by atoms with Crippen LogP contribution in [-0.4, -0.2) is 43.0 Å². The number of nitrogens with one attached hydrogen (secondary N) is 2. The monoisotopic (exact) mass is 239 g/mol. The molecule has 5 heteroatoms. The number of hydrogen-bond donors (Lipinski definition) is 2. The molecule has 0 radical (unpaired) electrons. The third-order valence-electron chi connectivity index (χ3n) is 3.06. The molecular formula is C12H21N3O2. The Morgan fingerprint density at radius 3 is 2.88 bits per heavy atom. The van der Waals surface area contributed by atoms with Crippen LogP contribution in [0.15, 0.2) is 12.7 Å². The molecule has 3 amide bonds. The Hall–Kier alpha value is -1.52. The lowest BCUT2D eigenvalue weighted by atomic mass is 10.00. The molecule has 0 bridgehead atoms. The van der Waals surface area contributed by atoms with Gasteiger partial charge in [-0.25, -0.2) is 4.79 Å². The highest BCUT2D eigenvalue weighted by molar-refractivity contribution is 5.86. The molecular weight excluding hydrogens is 218 g/mol. The summed E-state index contributed by atoms with van der Waals surface area (Å²) in [6, 6.07) is 0.207. The van der Waals surface area contributed by atoms with Crippen molar-refractivity contribution in [3.8, 4) is 0 Å². The van der Waals surface area contributed by atoms with Gasteiger partial charge >= 0.3 is 6.03 Å². The van der Waals surface area contributed by atoms with Crippen LogP contribution >= 0.6 is 0 Å². The minimum atomic E-state index is -0.160. The van der Waals surface area contributed by atoms with Crippen molar-refractivity contribution in [2.75, 3.05) is 20.1 Å². The second-order valence-corrected chi connectivity index (χ2v) is 4.18. The second kappa shape index (κ2) is 6.93. The first kappa shape index (κ1) is 13.5. The fourth-order valence-corrected chi connectivity index (χ4v) is 2.15. The van der Waals surface area contributed by atoms with Crippen LogP contribution in [0.25, 0.3) is 0 Å². The quantitative estimate of drug-likeness (QED) is 0.715. The summed E-state index contributed by atoms with van der Waals surface area (Å²) in [6.45, 7) is 4.79. The number of likely N-dealkylation sites (tertiary alicyclic amines) is 1. The van der Waals surface area contributed by atoms with E-state index < -0.39 is 0 Å². The maximum atomic E-state index is 11.6. The molecule has 1 unspecified atom stereocenters. The molecule has 5 nitrogen and oxygen atoms in total. The largest absolute Gasteiger partial charge is 0.352 e. The van der Waals surface area contributed by atoms with E-state index in [4.69, 9.17) is 0 Å². The summed E-state index contributed by atoms with van der Waals surface area (Å²) in [5.74, 6) is -0.160. The Labute approximate surface area is 102 Å². The molecule has 1 saturated heterocycles. The summed E-state index contributed by atoms with van der Waals surface area (Å²) in [7, 11) is 1.65. The first-order valence-corrected chi connectivity index (χ1v) is 6.07. The molecule has 0 aromatic rings. The zero-order chi connectivity index (χ0) is 12.7. The maximum absolute atomic E-state index is 11.6. The van der Waals surface area contributed by atoms with E-state index in [-0.39, 0.29) is 18.0 Å². The Morgan fingerprint density at radius 1 is 1.47 bits per heavy atom. The van der Waals surface area contributed by atoms with Gasteiger partial charge in [-0.3, -0.25) is 4.79 Å². The highest BCUT2D eigenvalue weighted by Gasteiger charge is 2.25. The average molecular weight is 239 g/mol. The van der Waals surface area contributed by atoms with Gasteiger partial charge in [0.2, 0.25) is 5.91 Å². The van der Waals surface area contributed by atoms with Crippen molar-refractivity contribution >= 4 is 11.9 Å². The molecule has 0 aliphatic carbocycles. The second-order valence-electron chi connectivity index (χ2n) is 4.18. The van der Waals surface area contributed by atoms with Gasteiger partial charge in [0.05, 0.1) is 0 Å². The van der Waals surface area contributed by atoms with Crippen LogP contribution in [-0.2, 0) is 4.79 Å². The molecule has 1 rings (SSSR count). The lowest BCUT2D eigenvalue weighted by molar-refractivity contribution is -0.116. The number of urea groups is 1. The molecule has 0 saturated carbocycles. The van der Waals surface area contributed by atoms with Crippen LogP contribution in [0.4, 0.5) is 4.79 Å². The lowest BCUT2D eigenvalue weighted by Gasteiger charge is -2.35. The molecule has 2 N–H and O–H groups in total. The zero-order valence-electron chi connectivity index (χ0n) is 10.4. The molecule has 96 valence electrons. The Kier molecular flexibility index (Phi) is 5.52. The van der Waals surface area contributed by atoms with Crippen molar-refractivity contribution < 1.29 is 9.59 Å². The fraction of sp³-hybridized carbons (Fsp3) is 0.667. The van der Waals surface area contributed by atoms with Gasteiger partial charge in [0.15, 0.2) is 0 Å². The van der Waals surface area contributed by atoms with E-state index in [0.29, 0.717) is 6.54 Å². The topological polar surface area (TPSA) is 61.4 Å². The van der Waals surface area contributed by atoms with Crippen LogP contribution < -0.4 is 10.6 Å². The molecule has 0 aromatic carbocycles. The number of carbonyl (C=O) groups is 2. The van der Waals surface area contributed by atoms with Gasteiger partial charge in [-0.2, -0.15) is 0 Å². The summed E-state index contributed by atoms with van der Waals surface area (Å²) < 4.78 is 0. The van der Waals surface area contributed by atoms with E-state index in [1.807, 2.05) is 4.90 Å². The van der Waals surface area contributed by atoms with Crippen molar-refractivity contribution in [2.45, 2.75) is 31.7 Å². The van der Waals surface area contributed by atoms with E-state index in [1.54, 1.807) is 7.05 Å². The van der Waals surface area contributed by atoms with Crippen molar-refractivity contribution in [1.29, 1.82) is 0 Å². The van der Waals surface area contributed by atoms with Crippen LogP contribution in [0, 0.1) is 0 Å². The summed E-state index contributed by atoms with van der Waals surface area (Å²) in [5, 5.41) is 5.40. The Morgan fingerprint density at radius 2 is 2.24 bits per heavy atom. The molecule has 1 aliphatic heterocycles. The number of nitrogens with zero attached hydrogens (tertiary/aromatic N) is 1. The standard InChI is InChI=1S/C12H21N3O2/c1-3-11(16)14-8-7-10-6-4-5-9-15(10)12(17)13-2/h3,10H,1,4-9H2,2H3,(H,13,17)(H,14,16). The smallest absolute Gasteiger partial charge is 0.317 e. The van der Waals surface area contributed by atoms with Gasteiger partial charge in [0.1, 0.15) is 0 Å². The fourth-order valence-electron chi connectivity index (χ4n) is 2.15. The van der Waals surface area contributed by atoms with Crippen LogP contribution in [0.5, 0.6) is 0 Å². The molecule has 1 atom stereocenters. The van der Waals surface area contributed by atoms with Crippen LogP contribution in [0.3, 0.4) is 0 Å². The molecule has 1 fully saturated rings. The summed E-state index contributed by atoms with van der Waals surface area (Å²) in [5.41, 5.74) is 0.